The van der Waals surface area contributed by atoms with Gasteiger partial charge in [0.1, 0.15) is 0 Å². The van der Waals surface area contributed by atoms with E-state index in [4.69, 9.17) is 4.74 Å². The van der Waals surface area contributed by atoms with Gasteiger partial charge in [-0.15, -0.1) is 0 Å². The highest BCUT2D eigenvalue weighted by molar-refractivity contribution is 5.95. The molecule has 0 saturated heterocycles. The number of nitrogens with one attached hydrogen (secondary N) is 1. The molecular weight excluding hydrogens is 254 g/mol. The molecule has 20 heavy (non-hydrogen) atoms. The molecule has 0 heterocycles. The Balaban J connectivity index is 2.50. The number of amides is 1. The van der Waals surface area contributed by atoms with Crippen molar-refractivity contribution in [3.63, 3.8) is 0 Å². The van der Waals surface area contributed by atoms with Crippen LogP contribution in [0, 0.1) is 6.92 Å². The van der Waals surface area contributed by atoms with Crippen LogP contribution < -0.4 is 5.32 Å². The van der Waals surface area contributed by atoms with E-state index in [0.29, 0.717) is 5.69 Å². The largest absolute Gasteiger partial charge is 0.449 e. The van der Waals surface area contributed by atoms with Gasteiger partial charge in [0.05, 0.1) is 0 Å². The summed E-state index contributed by atoms with van der Waals surface area (Å²) in [7, 11) is 0. The Labute approximate surface area is 119 Å². The van der Waals surface area contributed by atoms with Crippen molar-refractivity contribution >= 4 is 17.6 Å². The maximum Gasteiger partial charge on any atom is 0.331 e. The van der Waals surface area contributed by atoms with Gasteiger partial charge in [0.2, 0.25) is 0 Å². The third kappa shape index (κ3) is 5.52. The lowest BCUT2D eigenvalue weighted by atomic mass is 10.2. The Kier molecular flexibility index (Phi) is 6.23. The number of aryl methyl sites for hydroxylation is 1. The van der Waals surface area contributed by atoms with Crippen molar-refractivity contribution in [1.29, 1.82) is 0 Å². The summed E-state index contributed by atoms with van der Waals surface area (Å²) in [6, 6.07) is 7.39. The lowest BCUT2D eigenvalue weighted by molar-refractivity contribution is -0.148. The molecule has 0 aromatic heterocycles. The summed E-state index contributed by atoms with van der Waals surface area (Å²) in [6.45, 7) is 5.34. The monoisotopic (exact) mass is 273 g/mol. The van der Waals surface area contributed by atoms with Crippen LogP contribution in [0.3, 0.4) is 0 Å². The zero-order chi connectivity index (χ0) is 15.0. The molecule has 1 aromatic carbocycles. The van der Waals surface area contributed by atoms with E-state index in [1.165, 1.54) is 13.0 Å². The Morgan fingerprint density at radius 3 is 2.45 bits per heavy atom. The van der Waals surface area contributed by atoms with Crippen LogP contribution in [0.15, 0.2) is 48.6 Å². The minimum atomic E-state index is -0.848. The highest BCUT2D eigenvalue weighted by Crippen LogP contribution is 2.09. The van der Waals surface area contributed by atoms with E-state index in [9.17, 15) is 9.59 Å². The lowest BCUT2D eigenvalue weighted by Crippen LogP contribution is -2.29. The minimum absolute atomic E-state index is 0.360. The third-order valence-electron chi connectivity index (χ3n) is 2.52. The summed E-state index contributed by atoms with van der Waals surface area (Å²) in [5.41, 5.74) is 1.78. The van der Waals surface area contributed by atoms with Crippen molar-refractivity contribution in [2.24, 2.45) is 0 Å². The lowest BCUT2D eigenvalue weighted by Gasteiger charge is -2.12. The van der Waals surface area contributed by atoms with Crippen molar-refractivity contribution < 1.29 is 14.3 Å². The second kappa shape index (κ2) is 7.94. The van der Waals surface area contributed by atoms with Gasteiger partial charge < -0.3 is 10.1 Å². The third-order valence-corrected chi connectivity index (χ3v) is 2.52. The van der Waals surface area contributed by atoms with E-state index in [2.05, 4.69) is 5.32 Å². The molecule has 1 amide bonds. The van der Waals surface area contributed by atoms with Crippen molar-refractivity contribution in [3.8, 4) is 0 Å². The summed E-state index contributed by atoms with van der Waals surface area (Å²) in [5.74, 6) is -0.906. The molecule has 0 bridgehead atoms. The number of carbonyl (C=O) groups excluding carboxylic acids is 2. The predicted molar refractivity (Wildman–Crippen MR) is 79.3 cm³/mol. The molecule has 1 atom stereocenters. The molecule has 0 radical (unpaired) electrons. The van der Waals surface area contributed by atoms with Gasteiger partial charge >= 0.3 is 5.97 Å². The van der Waals surface area contributed by atoms with Crippen LogP contribution in [0.5, 0.6) is 0 Å². The Bertz CT molecular complexity index is 515. The number of esters is 1. The number of allylic oxidation sites excluding steroid dienone is 3. The van der Waals surface area contributed by atoms with E-state index >= 15 is 0 Å². The Morgan fingerprint density at radius 1 is 1.20 bits per heavy atom. The van der Waals surface area contributed by atoms with Gasteiger partial charge in [-0.1, -0.05) is 35.9 Å². The number of benzene rings is 1. The number of ether oxygens (including phenoxy) is 1. The summed E-state index contributed by atoms with van der Waals surface area (Å²) in [4.78, 5) is 23.2. The Morgan fingerprint density at radius 2 is 1.85 bits per heavy atom. The molecule has 4 heteroatoms. The second-order valence-electron chi connectivity index (χ2n) is 4.32. The van der Waals surface area contributed by atoms with Crippen LogP contribution in [-0.4, -0.2) is 18.0 Å². The van der Waals surface area contributed by atoms with E-state index in [-0.39, 0.29) is 5.91 Å². The second-order valence-corrected chi connectivity index (χ2v) is 4.32. The van der Waals surface area contributed by atoms with Crippen LogP contribution in [0.25, 0.3) is 0 Å². The maximum absolute atomic E-state index is 11.8. The summed E-state index contributed by atoms with van der Waals surface area (Å²) < 4.78 is 4.98. The van der Waals surface area contributed by atoms with Gasteiger partial charge in [-0.2, -0.15) is 0 Å². The van der Waals surface area contributed by atoms with Gasteiger partial charge in [0.25, 0.3) is 5.91 Å². The summed E-state index contributed by atoms with van der Waals surface area (Å²) in [5, 5.41) is 2.69. The highest BCUT2D eigenvalue weighted by atomic mass is 16.5. The number of hydrogen-bond acceptors (Lipinski definition) is 3. The quantitative estimate of drug-likeness (QED) is 0.510. The highest BCUT2D eigenvalue weighted by Gasteiger charge is 2.16. The molecule has 4 nitrogen and oxygen atoms in total. The smallest absolute Gasteiger partial charge is 0.331 e. The zero-order valence-corrected chi connectivity index (χ0v) is 11.9. The van der Waals surface area contributed by atoms with E-state index in [0.717, 1.165) is 5.56 Å². The molecule has 1 rings (SSSR count). The zero-order valence-electron chi connectivity index (χ0n) is 11.9. The Hall–Kier alpha value is -2.36. The fourth-order valence-corrected chi connectivity index (χ4v) is 1.39. The van der Waals surface area contributed by atoms with E-state index < -0.39 is 12.1 Å². The van der Waals surface area contributed by atoms with Crippen molar-refractivity contribution in [3.05, 3.63) is 54.1 Å². The topological polar surface area (TPSA) is 55.4 Å². The molecule has 0 fully saturated rings. The van der Waals surface area contributed by atoms with Crippen LogP contribution in [-0.2, 0) is 14.3 Å². The maximum atomic E-state index is 11.8. The van der Waals surface area contributed by atoms with Crippen molar-refractivity contribution in [1.82, 2.24) is 0 Å². The molecule has 0 saturated carbocycles. The van der Waals surface area contributed by atoms with Gasteiger partial charge in [-0.25, -0.2) is 4.79 Å². The van der Waals surface area contributed by atoms with Crippen LogP contribution >= 0.6 is 0 Å². The van der Waals surface area contributed by atoms with Crippen molar-refractivity contribution in [2.75, 3.05) is 5.32 Å². The van der Waals surface area contributed by atoms with E-state index in [1.54, 1.807) is 30.4 Å². The van der Waals surface area contributed by atoms with Gasteiger partial charge in [0.15, 0.2) is 6.10 Å². The molecule has 0 unspecified atom stereocenters. The summed E-state index contributed by atoms with van der Waals surface area (Å²) >= 11 is 0. The number of hydrogen-bond donors (Lipinski definition) is 1. The molecule has 0 aliphatic rings. The predicted octanol–water partition coefficient (Wildman–Crippen LogP) is 3.00. The fourth-order valence-electron chi connectivity index (χ4n) is 1.39. The fraction of sp³-hybridized carbons (Fsp3) is 0.250. The molecule has 0 spiro atoms. The first-order valence-electron chi connectivity index (χ1n) is 6.40. The summed E-state index contributed by atoms with van der Waals surface area (Å²) in [6.07, 6.45) is 5.48. The molecule has 1 N–H and O–H groups in total. The van der Waals surface area contributed by atoms with Crippen LogP contribution in [0.1, 0.15) is 19.4 Å². The molecule has 106 valence electrons. The van der Waals surface area contributed by atoms with Gasteiger partial charge in [-0.3, -0.25) is 4.79 Å². The number of carbonyl (C=O) groups is 2. The SMILES string of the molecule is C/C=C/C=C\C(=O)O[C@@H](C)C(=O)Nc1ccc(C)cc1. The van der Waals surface area contributed by atoms with Crippen molar-refractivity contribution in [2.45, 2.75) is 26.9 Å². The first-order chi connectivity index (χ1) is 9.52. The average molecular weight is 273 g/mol. The minimum Gasteiger partial charge on any atom is -0.449 e. The van der Waals surface area contributed by atoms with Gasteiger partial charge in [0, 0.05) is 11.8 Å². The average Bonchev–Trinajstić information content (AvgIpc) is 2.41. The standard InChI is InChI=1S/C16H19NO3/c1-4-5-6-7-15(18)20-13(3)16(19)17-14-10-8-12(2)9-11-14/h4-11,13H,1-3H3,(H,17,19)/b5-4+,7-6-/t13-/m0/s1. The first-order valence-corrected chi connectivity index (χ1v) is 6.40. The van der Waals surface area contributed by atoms with Crippen LogP contribution in [0.4, 0.5) is 5.69 Å². The molecule has 0 aliphatic heterocycles. The number of anilines is 1. The van der Waals surface area contributed by atoms with E-state index in [1.807, 2.05) is 26.0 Å². The normalized spacial score (nSPS) is 12.6. The molecule has 0 aliphatic carbocycles. The molecule has 1 aromatic rings. The molecular formula is C16H19NO3. The van der Waals surface area contributed by atoms with Gasteiger partial charge in [-0.05, 0) is 32.9 Å². The van der Waals surface area contributed by atoms with Crippen LogP contribution in [0.2, 0.25) is 0 Å². The first kappa shape index (κ1) is 15.7. The number of rotatable bonds is 5.